The largest absolute Gasteiger partial charge is 0.497 e. The molecule has 0 radical (unpaired) electrons. The van der Waals surface area contributed by atoms with Crippen LogP contribution in [0.25, 0.3) is 0 Å². The van der Waals surface area contributed by atoms with Crippen molar-refractivity contribution in [1.82, 2.24) is 9.21 Å². The summed E-state index contributed by atoms with van der Waals surface area (Å²) in [5.41, 5.74) is 0.870. The number of rotatable bonds is 9. The molecule has 4 rings (SSSR count). The number of aliphatic hydroxyl groups excluding tert-OH is 1. The minimum Gasteiger partial charge on any atom is -0.497 e. The average Bonchev–Trinajstić information content (AvgIpc) is 3.10. The number of carbonyl (C=O) groups is 2. The lowest BCUT2D eigenvalue weighted by Gasteiger charge is -2.35. The van der Waals surface area contributed by atoms with E-state index in [-0.39, 0.29) is 42.2 Å². The molecule has 1 aliphatic heterocycles. The predicted octanol–water partition coefficient (Wildman–Crippen LogP) is 5.59. The Bertz CT molecular complexity index is 1690. The van der Waals surface area contributed by atoms with Crippen molar-refractivity contribution in [2.24, 2.45) is 5.92 Å². The molecule has 0 aromatic heterocycles. The van der Waals surface area contributed by atoms with Gasteiger partial charge in [0.2, 0.25) is 10.0 Å². The van der Waals surface area contributed by atoms with Crippen molar-refractivity contribution in [3.05, 3.63) is 78.1 Å². The van der Waals surface area contributed by atoms with Gasteiger partial charge in [-0.15, -0.1) is 0 Å². The first-order chi connectivity index (χ1) is 23.8. The Morgan fingerprint density at radius 3 is 2.38 bits per heavy atom. The van der Waals surface area contributed by atoms with Crippen molar-refractivity contribution >= 4 is 33.3 Å². The van der Waals surface area contributed by atoms with Crippen LogP contribution >= 0.6 is 0 Å². The Morgan fingerprint density at radius 2 is 1.72 bits per heavy atom. The number of hydrogen-bond donors (Lipinski definition) is 3. The smallest absolute Gasteiger partial charge is 0.323 e. The predicted molar refractivity (Wildman–Crippen MR) is 189 cm³/mol. The number of aliphatic hydroxyl groups is 1. The van der Waals surface area contributed by atoms with Crippen molar-refractivity contribution < 1.29 is 41.7 Å². The van der Waals surface area contributed by atoms with E-state index in [1.807, 2.05) is 13.8 Å². The minimum atomic E-state index is -3.87. The quantitative estimate of drug-likeness (QED) is 0.260. The third-order valence-electron chi connectivity index (χ3n) is 8.62. The van der Waals surface area contributed by atoms with Gasteiger partial charge in [0, 0.05) is 44.0 Å². The highest BCUT2D eigenvalue weighted by Gasteiger charge is 2.32. The first-order valence-corrected chi connectivity index (χ1v) is 18.0. The van der Waals surface area contributed by atoms with E-state index in [1.54, 1.807) is 31.2 Å². The van der Waals surface area contributed by atoms with Gasteiger partial charge < -0.3 is 34.9 Å². The first-order valence-electron chi connectivity index (χ1n) is 16.6. The molecule has 3 amide bonds. The summed E-state index contributed by atoms with van der Waals surface area (Å²) < 4.78 is 59.3. The molecule has 3 aromatic rings. The number of nitrogens with zero attached hydrogens (tertiary/aromatic N) is 2. The molecule has 0 saturated carbocycles. The number of urea groups is 1. The number of benzene rings is 3. The molecule has 50 heavy (non-hydrogen) atoms. The second-order valence-electron chi connectivity index (χ2n) is 12.6. The molecule has 1 heterocycles. The zero-order valence-corrected chi connectivity index (χ0v) is 29.9. The molecule has 4 atom stereocenters. The van der Waals surface area contributed by atoms with Crippen LogP contribution in [-0.4, -0.2) is 93.4 Å². The van der Waals surface area contributed by atoms with E-state index in [4.69, 9.17) is 14.2 Å². The van der Waals surface area contributed by atoms with Crippen LogP contribution in [0.1, 0.15) is 50.4 Å². The fourth-order valence-corrected chi connectivity index (χ4v) is 6.75. The van der Waals surface area contributed by atoms with Crippen LogP contribution in [0.3, 0.4) is 0 Å². The third kappa shape index (κ3) is 10.2. The molecule has 0 fully saturated rings. The molecule has 14 heteroatoms. The lowest BCUT2D eigenvalue weighted by Crippen LogP contribution is -2.48. The maximum atomic E-state index is 14.4. The van der Waals surface area contributed by atoms with E-state index in [9.17, 15) is 27.5 Å². The highest BCUT2D eigenvalue weighted by Crippen LogP contribution is 2.29. The SMILES string of the molecule is COc1ccc(S(=O)(=O)N(C)C[C@H]2OCCCC[C@H](C)Oc3ccc(NC(=O)Nc4ccc(F)cc4)cc3C(=O)N([C@@H](C)CO)C[C@H]2C)cc1. The molecule has 0 bridgehead atoms. The second kappa shape index (κ2) is 17.6. The minimum absolute atomic E-state index is 0.0262. The molecular weight excluding hydrogens is 667 g/mol. The van der Waals surface area contributed by atoms with Crippen LogP contribution in [0.5, 0.6) is 11.5 Å². The van der Waals surface area contributed by atoms with Crippen LogP contribution in [0.2, 0.25) is 0 Å². The zero-order valence-electron chi connectivity index (χ0n) is 29.1. The van der Waals surface area contributed by atoms with E-state index < -0.39 is 39.9 Å². The van der Waals surface area contributed by atoms with Gasteiger partial charge >= 0.3 is 6.03 Å². The number of anilines is 2. The summed E-state index contributed by atoms with van der Waals surface area (Å²) in [4.78, 5) is 28.8. The van der Waals surface area contributed by atoms with Gasteiger partial charge in [-0.05, 0) is 99.8 Å². The maximum Gasteiger partial charge on any atom is 0.323 e. The molecule has 272 valence electrons. The van der Waals surface area contributed by atoms with Gasteiger partial charge in [-0.3, -0.25) is 4.79 Å². The summed E-state index contributed by atoms with van der Waals surface area (Å²) in [6.45, 7) is 5.70. The lowest BCUT2D eigenvalue weighted by atomic mass is 10.0. The molecule has 3 N–H and O–H groups in total. The highest BCUT2D eigenvalue weighted by atomic mass is 32.2. The van der Waals surface area contributed by atoms with Crippen LogP contribution < -0.4 is 20.1 Å². The summed E-state index contributed by atoms with van der Waals surface area (Å²) >= 11 is 0. The number of fused-ring (bicyclic) bond motifs is 1. The number of carbonyl (C=O) groups excluding carboxylic acids is 2. The fourth-order valence-electron chi connectivity index (χ4n) is 5.57. The Morgan fingerprint density at radius 1 is 1.06 bits per heavy atom. The molecule has 0 unspecified atom stereocenters. The normalized spacial score (nSPS) is 19.9. The van der Waals surface area contributed by atoms with E-state index in [0.717, 1.165) is 6.42 Å². The van der Waals surface area contributed by atoms with Crippen molar-refractivity contribution in [2.45, 2.75) is 63.2 Å². The Labute approximate surface area is 293 Å². The molecule has 3 aromatic carbocycles. The van der Waals surface area contributed by atoms with E-state index in [2.05, 4.69) is 10.6 Å². The van der Waals surface area contributed by atoms with E-state index >= 15 is 0 Å². The molecule has 12 nitrogen and oxygen atoms in total. The number of halogens is 1. The summed E-state index contributed by atoms with van der Waals surface area (Å²) in [7, 11) is -0.870. The molecule has 0 spiro atoms. The standard InChI is InChI=1S/C36H47FN4O8S/c1-24-21-41(25(2)23-42)35(43)32-20-29(39-36(44)38-28-11-9-27(37)10-12-28)13-18-33(32)49-26(3)8-6-7-19-48-34(24)22-40(4)50(45,46)31-16-14-30(47-5)15-17-31/h9-18,20,24-26,34,42H,6-8,19,21-23H2,1-5H3,(H2,38,39,44)/t24-,25+,26+,34-/m1/s1. The number of ether oxygens (including phenoxy) is 3. The van der Waals surface area contributed by atoms with Gasteiger partial charge in [0.25, 0.3) is 5.91 Å². The van der Waals surface area contributed by atoms with Gasteiger partial charge in [0.05, 0.1) is 42.4 Å². The number of likely N-dealkylation sites (N-methyl/N-ethyl adjacent to an activating group) is 1. The Hall–Kier alpha value is -4.24. The van der Waals surface area contributed by atoms with Crippen LogP contribution in [0, 0.1) is 11.7 Å². The highest BCUT2D eigenvalue weighted by molar-refractivity contribution is 7.89. The maximum absolute atomic E-state index is 14.4. The average molecular weight is 715 g/mol. The molecule has 1 aliphatic rings. The second-order valence-corrected chi connectivity index (χ2v) is 14.6. The fraction of sp³-hybridized carbons (Fsp3) is 0.444. The summed E-state index contributed by atoms with van der Waals surface area (Å²) in [5.74, 6) is -0.386. The van der Waals surface area contributed by atoms with Crippen molar-refractivity contribution in [2.75, 3.05) is 51.1 Å². The third-order valence-corrected chi connectivity index (χ3v) is 10.5. The van der Waals surface area contributed by atoms with Gasteiger partial charge in [-0.2, -0.15) is 4.31 Å². The Kier molecular flexibility index (Phi) is 13.6. The zero-order chi connectivity index (χ0) is 36.4. The topological polar surface area (TPSA) is 147 Å². The summed E-state index contributed by atoms with van der Waals surface area (Å²) in [6, 6.07) is 15.0. The number of nitrogens with one attached hydrogen (secondary N) is 2. The van der Waals surface area contributed by atoms with Crippen molar-refractivity contribution in [1.29, 1.82) is 0 Å². The van der Waals surface area contributed by atoms with Gasteiger partial charge in [-0.1, -0.05) is 6.92 Å². The summed E-state index contributed by atoms with van der Waals surface area (Å²) in [5, 5.41) is 15.6. The van der Waals surface area contributed by atoms with E-state index in [1.165, 1.54) is 65.8 Å². The Balaban J connectivity index is 1.61. The van der Waals surface area contributed by atoms with E-state index in [0.29, 0.717) is 42.3 Å². The van der Waals surface area contributed by atoms with Crippen LogP contribution in [0.4, 0.5) is 20.6 Å². The molecule has 0 aliphatic carbocycles. The monoisotopic (exact) mass is 714 g/mol. The van der Waals surface area contributed by atoms with Gasteiger partial charge in [0.15, 0.2) is 0 Å². The first kappa shape index (κ1) is 38.6. The van der Waals surface area contributed by atoms with Crippen LogP contribution in [0.15, 0.2) is 71.6 Å². The number of sulfonamides is 1. The number of amides is 3. The van der Waals surface area contributed by atoms with Crippen molar-refractivity contribution in [3.8, 4) is 11.5 Å². The van der Waals surface area contributed by atoms with Gasteiger partial charge in [-0.25, -0.2) is 17.6 Å². The lowest BCUT2D eigenvalue weighted by molar-refractivity contribution is -0.00834. The number of hydrogen-bond acceptors (Lipinski definition) is 8. The van der Waals surface area contributed by atoms with Gasteiger partial charge in [0.1, 0.15) is 17.3 Å². The number of methoxy groups -OCH3 is 1. The van der Waals surface area contributed by atoms with Crippen molar-refractivity contribution in [3.63, 3.8) is 0 Å². The summed E-state index contributed by atoms with van der Waals surface area (Å²) in [6.07, 6.45) is 1.29. The van der Waals surface area contributed by atoms with Crippen LogP contribution in [-0.2, 0) is 14.8 Å². The molecule has 0 saturated heterocycles. The molecular formula is C36H47FN4O8S.